The molecular formula is C18H16ClNO3. The molecule has 0 N–H and O–H groups in total. The van der Waals surface area contributed by atoms with E-state index in [0.29, 0.717) is 45.6 Å². The molecule has 0 fully saturated rings. The van der Waals surface area contributed by atoms with E-state index in [2.05, 4.69) is 0 Å². The standard InChI is InChI=1S/C18H16ClNO3/c1-3-20(4-2)18(22)11-8-9-12-15(10-11)23-17-13(16(12)21)6-5-7-14(17)19/h5-10H,3-4H2,1-2H3. The summed E-state index contributed by atoms with van der Waals surface area (Å²) in [5, 5.41) is 1.26. The highest BCUT2D eigenvalue weighted by Crippen LogP contribution is 2.25. The largest absolute Gasteiger partial charge is 0.454 e. The Balaban J connectivity index is 2.24. The predicted molar refractivity (Wildman–Crippen MR) is 92.3 cm³/mol. The van der Waals surface area contributed by atoms with Crippen LogP contribution in [0.5, 0.6) is 0 Å². The summed E-state index contributed by atoms with van der Waals surface area (Å²) in [4.78, 5) is 26.7. The molecule has 3 rings (SSSR count). The van der Waals surface area contributed by atoms with Gasteiger partial charge in [0.2, 0.25) is 5.43 Å². The number of carbonyl (C=O) groups is 1. The van der Waals surface area contributed by atoms with E-state index in [4.69, 9.17) is 16.0 Å². The molecule has 0 atom stereocenters. The lowest BCUT2D eigenvalue weighted by Gasteiger charge is -2.18. The van der Waals surface area contributed by atoms with Crippen molar-refractivity contribution in [2.45, 2.75) is 13.8 Å². The van der Waals surface area contributed by atoms with E-state index in [-0.39, 0.29) is 11.3 Å². The number of para-hydroxylation sites is 1. The molecule has 1 heterocycles. The number of nitrogens with zero attached hydrogens (tertiary/aromatic N) is 1. The van der Waals surface area contributed by atoms with Crippen LogP contribution < -0.4 is 5.43 Å². The van der Waals surface area contributed by atoms with Gasteiger partial charge in [0.05, 0.1) is 15.8 Å². The van der Waals surface area contributed by atoms with Crippen molar-refractivity contribution in [3.8, 4) is 0 Å². The van der Waals surface area contributed by atoms with Crippen LogP contribution in [0.2, 0.25) is 5.02 Å². The molecule has 0 saturated heterocycles. The Labute approximate surface area is 138 Å². The van der Waals surface area contributed by atoms with Crippen LogP contribution in [-0.4, -0.2) is 23.9 Å². The Morgan fingerprint density at radius 3 is 2.57 bits per heavy atom. The van der Waals surface area contributed by atoms with Crippen molar-refractivity contribution in [3.05, 3.63) is 57.2 Å². The molecule has 118 valence electrons. The zero-order chi connectivity index (χ0) is 16.6. The van der Waals surface area contributed by atoms with Gasteiger partial charge in [-0.2, -0.15) is 0 Å². The van der Waals surface area contributed by atoms with E-state index in [0.717, 1.165) is 0 Å². The molecule has 0 aliphatic rings. The van der Waals surface area contributed by atoms with Crippen molar-refractivity contribution in [2.24, 2.45) is 0 Å². The van der Waals surface area contributed by atoms with E-state index in [1.807, 2.05) is 13.8 Å². The molecule has 0 spiro atoms. The van der Waals surface area contributed by atoms with Crippen LogP contribution >= 0.6 is 11.6 Å². The zero-order valence-corrected chi connectivity index (χ0v) is 13.7. The summed E-state index contributed by atoms with van der Waals surface area (Å²) < 4.78 is 5.79. The molecule has 1 aromatic heterocycles. The first-order chi connectivity index (χ1) is 11.1. The lowest BCUT2D eigenvalue weighted by atomic mass is 10.1. The van der Waals surface area contributed by atoms with Gasteiger partial charge in [0, 0.05) is 18.7 Å². The number of hydrogen-bond donors (Lipinski definition) is 0. The monoisotopic (exact) mass is 329 g/mol. The van der Waals surface area contributed by atoms with Gasteiger partial charge >= 0.3 is 0 Å². The summed E-state index contributed by atoms with van der Waals surface area (Å²) in [5.41, 5.74) is 1.06. The lowest BCUT2D eigenvalue weighted by Crippen LogP contribution is -2.30. The van der Waals surface area contributed by atoms with E-state index < -0.39 is 0 Å². The number of halogens is 1. The minimum atomic E-state index is -0.148. The van der Waals surface area contributed by atoms with Crippen molar-refractivity contribution in [1.29, 1.82) is 0 Å². The Kier molecular flexibility index (Phi) is 4.09. The second-order valence-corrected chi connectivity index (χ2v) is 5.64. The Morgan fingerprint density at radius 1 is 1.13 bits per heavy atom. The third-order valence-corrected chi connectivity index (χ3v) is 4.25. The fourth-order valence-electron chi connectivity index (χ4n) is 2.67. The normalized spacial score (nSPS) is 11.1. The average Bonchev–Trinajstić information content (AvgIpc) is 2.56. The summed E-state index contributed by atoms with van der Waals surface area (Å²) >= 11 is 6.12. The molecular weight excluding hydrogens is 314 g/mol. The molecule has 0 saturated carbocycles. The maximum atomic E-state index is 12.6. The highest BCUT2D eigenvalue weighted by Gasteiger charge is 2.15. The van der Waals surface area contributed by atoms with Crippen molar-refractivity contribution < 1.29 is 9.21 Å². The molecule has 4 nitrogen and oxygen atoms in total. The SMILES string of the molecule is CCN(CC)C(=O)c1ccc2c(=O)c3cccc(Cl)c3oc2c1. The van der Waals surface area contributed by atoms with Gasteiger partial charge in [0.25, 0.3) is 5.91 Å². The van der Waals surface area contributed by atoms with Gasteiger partial charge in [-0.05, 0) is 44.2 Å². The topological polar surface area (TPSA) is 50.5 Å². The minimum Gasteiger partial charge on any atom is -0.454 e. The summed E-state index contributed by atoms with van der Waals surface area (Å²) in [5.74, 6) is -0.0844. The van der Waals surface area contributed by atoms with Crippen LogP contribution in [0.1, 0.15) is 24.2 Å². The smallest absolute Gasteiger partial charge is 0.253 e. The number of benzene rings is 2. The second-order valence-electron chi connectivity index (χ2n) is 5.24. The van der Waals surface area contributed by atoms with Gasteiger partial charge in [-0.25, -0.2) is 0 Å². The molecule has 0 bridgehead atoms. The first-order valence-electron chi connectivity index (χ1n) is 7.51. The summed E-state index contributed by atoms with van der Waals surface area (Å²) in [6, 6.07) is 9.98. The molecule has 23 heavy (non-hydrogen) atoms. The molecule has 5 heteroatoms. The van der Waals surface area contributed by atoms with E-state index in [1.54, 1.807) is 41.3 Å². The molecule has 0 aliphatic carbocycles. The number of carbonyl (C=O) groups excluding carboxylic acids is 1. The van der Waals surface area contributed by atoms with Gasteiger partial charge < -0.3 is 9.32 Å². The lowest BCUT2D eigenvalue weighted by molar-refractivity contribution is 0.0773. The van der Waals surface area contributed by atoms with Crippen molar-refractivity contribution >= 4 is 39.4 Å². The van der Waals surface area contributed by atoms with Gasteiger partial charge in [-0.15, -0.1) is 0 Å². The van der Waals surface area contributed by atoms with Gasteiger partial charge in [0.1, 0.15) is 5.58 Å². The quantitative estimate of drug-likeness (QED) is 0.680. The summed E-state index contributed by atoms with van der Waals surface area (Å²) in [6.07, 6.45) is 0. The van der Waals surface area contributed by atoms with Crippen molar-refractivity contribution in [2.75, 3.05) is 13.1 Å². The highest BCUT2D eigenvalue weighted by molar-refractivity contribution is 6.34. The van der Waals surface area contributed by atoms with Crippen LogP contribution in [0.4, 0.5) is 0 Å². The molecule has 0 radical (unpaired) electrons. The van der Waals surface area contributed by atoms with E-state index in [1.165, 1.54) is 0 Å². The highest BCUT2D eigenvalue weighted by atomic mass is 35.5. The van der Waals surface area contributed by atoms with Crippen LogP contribution in [0.15, 0.2) is 45.6 Å². The molecule has 2 aromatic carbocycles. The Bertz CT molecular complexity index is 958. The van der Waals surface area contributed by atoms with Crippen LogP contribution in [0, 0.1) is 0 Å². The number of fused-ring (bicyclic) bond motifs is 2. The molecule has 0 aliphatic heterocycles. The van der Waals surface area contributed by atoms with E-state index >= 15 is 0 Å². The van der Waals surface area contributed by atoms with Crippen LogP contribution in [0.25, 0.3) is 21.9 Å². The summed E-state index contributed by atoms with van der Waals surface area (Å²) in [7, 11) is 0. The van der Waals surface area contributed by atoms with Crippen LogP contribution in [0.3, 0.4) is 0 Å². The van der Waals surface area contributed by atoms with Crippen molar-refractivity contribution in [3.63, 3.8) is 0 Å². The molecule has 3 aromatic rings. The molecule has 1 amide bonds. The Hall–Kier alpha value is -2.33. The van der Waals surface area contributed by atoms with Crippen molar-refractivity contribution in [1.82, 2.24) is 4.90 Å². The first-order valence-corrected chi connectivity index (χ1v) is 7.89. The summed E-state index contributed by atoms with van der Waals surface area (Å²) in [6.45, 7) is 5.10. The number of hydrogen-bond acceptors (Lipinski definition) is 3. The third-order valence-electron chi connectivity index (χ3n) is 3.95. The van der Waals surface area contributed by atoms with Crippen LogP contribution in [-0.2, 0) is 0 Å². The average molecular weight is 330 g/mol. The third kappa shape index (κ3) is 2.59. The Morgan fingerprint density at radius 2 is 1.87 bits per heavy atom. The second kappa shape index (κ2) is 6.05. The zero-order valence-electron chi connectivity index (χ0n) is 12.9. The maximum Gasteiger partial charge on any atom is 0.253 e. The maximum absolute atomic E-state index is 12.6. The van der Waals surface area contributed by atoms with Gasteiger partial charge in [0.15, 0.2) is 5.58 Å². The fraction of sp³-hybridized carbons (Fsp3) is 0.222. The van der Waals surface area contributed by atoms with E-state index in [9.17, 15) is 9.59 Å². The van der Waals surface area contributed by atoms with Gasteiger partial charge in [-0.1, -0.05) is 17.7 Å². The van der Waals surface area contributed by atoms with Gasteiger partial charge in [-0.3, -0.25) is 9.59 Å². The minimum absolute atomic E-state index is 0.0844. The number of amides is 1. The number of rotatable bonds is 3. The predicted octanol–water partition coefficient (Wildman–Crippen LogP) is 4.08. The first kappa shape index (κ1) is 15.6. The molecule has 0 unspecified atom stereocenters. The fourth-order valence-corrected chi connectivity index (χ4v) is 2.88.